The number of methoxy groups -OCH3 is 1. The van der Waals surface area contributed by atoms with E-state index in [0.29, 0.717) is 5.82 Å². The number of anilines is 1. The minimum atomic E-state index is -0.0889. The second-order valence-electron chi connectivity index (χ2n) is 4.38. The van der Waals surface area contributed by atoms with Gasteiger partial charge in [0.2, 0.25) is 0 Å². The number of H-pyrrole nitrogens is 1. The molecule has 0 spiro atoms. The monoisotopic (exact) mass is 270 g/mol. The molecule has 102 valence electrons. The number of fused-ring (bicyclic) bond motifs is 1. The molecule has 1 unspecified atom stereocenters. The average Bonchev–Trinajstić information content (AvgIpc) is 3.01. The van der Waals surface area contributed by atoms with Crippen molar-refractivity contribution in [3.8, 4) is 5.75 Å². The first-order chi connectivity index (χ1) is 9.78. The van der Waals surface area contributed by atoms with Gasteiger partial charge in [-0.05, 0) is 36.6 Å². The van der Waals surface area contributed by atoms with Crippen LogP contribution in [0.15, 0.2) is 30.5 Å². The third kappa shape index (κ3) is 2.25. The number of pyridine rings is 1. The van der Waals surface area contributed by atoms with Crippen LogP contribution in [0.4, 0.5) is 5.82 Å². The lowest BCUT2D eigenvalue weighted by atomic mass is 10.1. The number of hydrogen-bond donors (Lipinski definition) is 2. The summed E-state index contributed by atoms with van der Waals surface area (Å²) in [6.07, 6.45) is 1.76. The maximum atomic E-state index is 5.23. The molecule has 2 aromatic heterocycles. The van der Waals surface area contributed by atoms with Crippen LogP contribution in [0.25, 0.3) is 10.8 Å². The third-order valence-corrected chi connectivity index (χ3v) is 3.07. The fraction of sp³-hybridized carbons (Fsp3) is 0.231. The molecule has 2 heterocycles. The van der Waals surface area contributed by atoms with E-state index >= 15 is 0 Å². The molecule has 0 saturated carbocycles. The summed E-state index contributed by atoms with van der Waals surface area (Å²) in [5.74, 6) is 2.20. The van der Waals surface area contributed by atoms with Gasteiger partial charge in [-0.15, -0.1) is 10.2 Å². The van der Waals surface area contributed by atoms with Crippen LogP contribution in [-0.4, -0.2) is 32.7 Å². The highest BCUT2D eigenvalue weighted by Gasteiger charge is 2.12. The van der Waals surface area contributed by atoms with E-state index < -0.39 is 0 Å². The first-order valence-corrected chi connectivity index (χ1v) is 6.20. The molecule has 0 fully saturated rings. The molecule has 0 radical (unpaired) electrons. The summed E-state index contributed by atoms with van der Waals surface area (Å²) in [5.41, 5.74) is 0. The lowest BCUT2D eigenvalue weighted by molar-refractivity contribution is 0.415. The lowest BCUT2D eigenvalue weighted by Crippen LogP contribution is -2.10. The van der Waals surface area contributed by atoms with Crippen molar-refractivity contribution in [1.29, 1.82) is 0 Å². The molecule has 2 N–H and O–H groups in total. The molecule has 0 aliphatic carbocycles. The van der Waals surface area contributed by atoms with Crippen molar-refractivity contribution in [2.24, 2.45) is 0 Å². The first kappa shape index (κ1) is 12.3. The van der Waals surface area contributed by atoms with Crippen molar-refractivity contribution in [2.45, 2.75) is 13.0 Å². The second-order valence-corrected chi connectivity index (χ2v) is 4.38. The van der Waals surface area contributed by atoms with Crippen molar-refractivity contribution in [1.82, 2.24) is 25.6 Å². The summed E-state index contributed by atoms with van der Waals surface area (Å²) in [5, 5.41) is 19.3. The third-order valence-electron chi connectivity index (χ3n) is 3.07. The van der Waals surface area contributed by atoms with Crippen LogP contribution in [0.5, 0.6) is 5.75 Å². The Labute approximate surface area is 115 Å². The molecule has 3 rings (SSSR count). The van der Waals surface area contributed by atoms with E-state index in [-0.39, 0.29) is 6.04 Å². The molecule has 0 amide bonds. The van der Waals surface area contributed by atoms with Crippen LogP contribution in [0.1, 0.15) is 18.8 Å². The van der Waals surface area contributed by atoms with Gasteiger partial charge in [0.15, 0.2) is 5.82 Å². The van der Waals surface area contributed by atoms with E-state index in [4.69, 9.17) is 4.74 Å². The maximum absolute atomic E-state index is 5.23. The zero-order valence-corrected chi connectivity index (χ0v) is 11.2. The molecular weight excluding hydrogens is 256 g/mol. The van der Waals surface area contributed by atoms with Crippen LogP contribution in [-0.2, 0) is 0 Å². The highest BCUT2D eigenvalue weighted by Crippen LogP contribution is 2.27. The first-order valence-electron chi connectivity index (χ1n) is 6.20. The zero-order valence-electron chi connectivity index (χ0n) is 11.2. The van der Waals surface area contributed by atoms with Gasteiger partial charge in [0.25, 0.3) is 0 Å². The standard InChI is InChI=1S/C13H14N6O/c1-8(12-16-18-19-17-12)15-13-11-4-3-10(20-2)7-9(11)5-6-14-13/h3-8H,1-2H3,(H,14,15)(H,16,17,18,19). The summed E-state index contributed by atoms with van der Waals surface area (Å²) >= 11 is 0. The SMILES string of the molecule is COc1ccc2c(NC(C)c3nn[nH]n3)nccc2c1. The van der Waals surface area contributed by atoms with Gasteiger partial charge in [-0.2, -0.15) is 5.21 Å². The fourth-order valence-electron chi connectivity index (χ4n) is 2.02. The second kappa shape index (κ2) is 5.12. The Morgan fingerprint density at radius 3 is 2.95 bits per heavy atom. The molecule has 1 aromatic carbocycles. The van der Waals surface area contributed by atoms with Crippen molar-refractivity contribution in [2.75, 3.05) is 12.4 Å². The van der Waals surface area contributed by atoms with E-state index in [9.17, 15) is 0 Å². The molecule has 3 aromatic rings. The minimum Gasteiger partial charge on any atom is -0.497 e. The number of benzene rings is 1. The Hall–Kier alpha value is -2.70. The number of hydrogen-bond acceptors (Lipinski definition) is 6. The van der Waals surface area contributed by atoms with Crippen molar-refractivity contribution in [3.05, 3.63) is 36.3 Å². The molecule has 0 bridgehead atoms. The number of nitrogens with zero attached hydrogens (tertiary/aromatic N) is 4. The number of ether oxygens (including phenoxy) is 1. The average molecular weight is 270 g/mol. The lowest BCUT2D eigenvalue weighted by Gasteiger charge is -2.13. The van der Waals surface area contributed by atoms with Crippen molar-refractivity contribution in [3.63, 3.8) is 0 Å². The predicted octanol–water partition coefficient (Wildman–Crippen LogP) is 1.93. The summed E-state index contributed by atoms with van der Waals surface area (Å²) in [7, 11) is 1.65. The van der Waals surface area contributed by atoms with E-state index in [1.54, 1.807) is 13.3 Å². The summed E-state index contributed by atoms with van der Waals surface area (Å²) < 4.78 is 5.23. The molecule has 7 nitrogen and oxygen atoms in total. The van der Waals surface area contributed by atoms with Gasteiger partial charge >= 0.3 is 0 Å². The van der Waals surface area contributed by atoms with E-state index in [1.165, 1.54) is 0 Å². The summed E-state index contributed by atoms with van der Waals surface area (Å²) in [6, 6.07) is 7.72. The van der Waals surface area contributed by atoms with Crippen LogP contribution >= 0.6 is 0 Å². The number of aromatic amines is 1. The number of tetrazole rings is 1. The number of aromatic nitrogens is 5. The Bertz CT molecular complexity index is 712. The topological polar surface area (TPSA) is 88.6 Å². The highest BCUT2D eigenvalue weighted by atomic mass is 16.5. The van der Waals surface area contributed by atoms with Gasteiger partial charge < -0.3 is 10.1 Å². The fourth-order valence-corrected chi connectivity index (χ4v) is 2.02. The molecule has 1 atom stereocenters. The smallest absolute Gasteiger partial charge is 0.196 e. The van der Waals surface area contributed by atoms with Gasteiger partial charge in [0.05, 0.1) is 13.2 Å². The Kier molecular flexibility index (Phi) is 3.16. The maximum Gasteiger partial charge on any atom is 0.196 e. The van der Waals surface area contributed by atoms with Crippen molar-refractivity contribution < 1.29 is 4.74 Å². The summed E-state index contributed by atoms with van der Waals surface area (Å²) in [6.45, 7) is 1.95. The van der Waals surface area contributed by atoms with Gasteiger partial charge in [-0.3, -0.25) is 0 Å². The van der Waals surface area contributed by atoms with Gasteiger partial charge in [0.1, 0.15) is 11.6 Å². The molecule has 0 saturated heterocycles. The Morgan fingerprint density at radius 1 is 1.30 bits per heavy atom. The van der Waals surface area contributed by atoms with E-state index in [2.05, 4.69) is 30.9 Å². The molecule has 0 aliphatic heterocycles. The van der Waals surface area contributed by atoms with Crippen LogP contribution in [0, 0.1) is 0 Å². The predicted molar refractivity (Wildman–Crippen MR) is 74.5 cm³/mol. The van der Waals surface area contributed by atoms with Crippen LogP contribution in [0.3, 0.4) is 0 Å². The highest BCUT2D eigenvalue weighted by molar-refractivity contribution is 5.92. The largest absolute Gasteiger partial charge is 0.497 e. The summed E-state index contributed by atoms with van der Waals surface area (Å²) in [4.78, 5) is 4.37. The Balaban J connectivity index is 1.95. The minimum absolute atomic E-state index is 0.0889. The normalized spacial score (nSPS) is 12.3. The van der Waals surface area contributed by atoms with Crippen LogP contribution < -0.4 is 10.1 Å². The zero-order chi connectivity index (χ0) is 13.9. The number of nitrogens with one attached hydrogen (secondary N) is 2. The number of rotatable bonds is 4. The van der Waals surface area contributed by atoms with Gasteiger partial charge in [-0.1, -0.05) is 5.21 Å². The van der Waals surface area contributed by atoms with Crippen LogP contribution in [0.2, 0.25) is 0 Å². The van der Waals surface area contributed by atoms with Gasteiger partial charge in [0, 0.05) is 11.6 Å². The Morgan fingerprint density at radius 2 is 2.20 bits per heavy atom. The molecular formula is C13H14N6O. The van der Waals surface area contributed by atoms with Gasteiger partial charge in [-0.25, -0.2) is 4.98 Å². The molecule has 0 aliphatic rings. The molecule has 7 heteroatoms. The van der Waals surface area contributed by atoms with E-state index in [1.807, 2.05) is 31.2 Å². The molecule has 20 heavy (non-hydrogen) atoms. The van der Waals surface area contributed by atoms with Crippen molar-refractivity contribution >= 4 is 16.6 Å². The quantitative estimate of drug-likeness (QED) is 0.753. The van der Waals surface area contributed by atoms with E-state index in [0.717, 1.165) is 22.3 Å².